The summed E-state index contributed by atoms with van der Waals surface area (Å²) in [7, 11) is 0. The molecule has 11 nitrogen and oxygen atoms in total. The molecule has 0 saturated carbocycles. The SMILES string of the molecule is Cc1c([N+](=O)[O-])c2[nH]o[n+](=O)c2c2[nH]o[n+](=O)c12. The third kappa shape index (κ3) is 1.02. The quantitative estimate of drug-likeness (QED) is 0.457. The largest absolute Gasteiger partial charge is 0.334 e. The molecule has 2 aromatic heterocycles. The summed E-state index contributed by atoms with van der Waals surface area (Å²) in [6.07, 6.45) is 0. The topological polar surface area (TPSA) is 147 Å². The van der Waals surface area contributed by atoms with Crippen LogP contribution in [-0.4, -0.2) is 15.2 Å². The summed E-state index contributed by atoms with van der Waals surface area (Å²) >= 11 is 0. The highest BCUT2D eigenvalue weighted by Crippen LogP contribution is 2.31. The van der Waals surface area contributed by atoms with Gasteiger partial charge in [-0.05, 0) is 16.7 Å². The molecule has 0 aliphatic heterocycles. The van der Waals surface area contributed by atoms with E-state index in [-0.39, 0.29) is 36.8 Å². The number of H-pyrrole nitrogens is 2. The van der Waals surface area contributed by atoms with Crippen LogP contribution in [0.5, 0.6) is 0 Å². The van der Waals surface area contributed by atoms with Crippen molar-refractivity contribution in [2.24, 2.45) is 0 Å². The van der Waals surface area contributed by atoms with E-state index in [9.17, 15) is 19.9 Å². The number of fused-ring (bicyclic) bond motifs is 3. The molecular formula is C7H5N5O6+2. The lowest BCUT2D eigenvalue weighted by molar-refractivity contribution is -0.692. The number of aryl methyl sites for hydroxylation is 1. The van der Waals surface area contributed by atoms with Gasteiger partial charge < -0.3 is 0 Å². The number of hydrogen-bond donors (Lipinski definition) is 2. The second-order valence-electron chi connectivity index (χ2n) is 3.58. The van der Waals surface area contributed by atoms with E-state index in [0.717, 1.165) is 0 Å². The minimum absolute atomic E-state index is 0.0168. The number of aromatic nitrogens is 4. The lowest BCUT2D eigenvalue weighted by atomic mass is 10.1. The van der Waals surface area contributed by atoms with Gasteiger partial charge >= 0.3 is 16.7 Å². The van der Waals surface area contributed by atoms with Crippen molar-refractivity contribution in [2.75, 3.05) is 0 Å². The van der Waals surface area contributed by atoms with Gasteiger partial charge in [0.2, 0.25) is 0 Å². The molecule has 0 fully saturated rings. The maximum Gasteiger partial charge on any atom is 0.334 e. The van der Waals surface area contributed by atoms with Crippen molar-refractivity contribution in [1.82, 2.24) is 10.3 Å². The Kier molecular flexibility index (Phi) is 1.71. The molecule has 0 aliphatic carbocycles. The zero-order valence-corrected chi connectivity index (χ0v) is 8.79. The van der Waals surface area contributed by atoms with Gasteiger partial charge in [0, 0.05) is 0 Å². The number of nitro groups is 1. The van der Waals surface area contributed by atoms with Gasteiger partial charge in [-0.15, -0.1) is 0 Å². The molecule has 0 aliphatic rings. The van der Waals surface area contributed by atoms with E-state index in [1.165, 1.54) is 6.92 Å². The van der Waals surface area contributed by atoms with Gasteiger partial charge in [0.15, 0.2) is 9.20 Å². The van der Waals surface area contributed by atoms with E-state index in [4.69, 9.17) is 0 Å². The van der Waals surface area contributed by atoms with Gasteiger partial charge in [0.05, 0.1) is 10.5 Å². The lowest BCUT2D eigenvalue weighted by Crippen LogP contribution is -2.13. The van der Waals surface area contributed by atoms with E-state index < -0.39 is 10.6 Å². The normalized spacial score (nSPS) is 11.4. The molecule has 0 saturated heterocycles. The molecule has 11 heteroatoms. The van der Waals surface area contributed by atoms with Gasteiger partial charge in [-0.2, -0.15) is 0 Å². The minimum Gasteiger partial charge on any atom is -0.258 e. The monoisotopic (exact) mass is 255 g/mol. The molecule has 0 spiro atoms. The van der Waals surface area contributed by atoms with Crippen molar-refractivity contribution >= 4 is 27.8 Å². The summed E-state index contributed by atoms with van der Waals surface area (Å²) in [6.45, 7) is 1.37. The predicted molar refractivity (Wildman–Crippen MR) is 52.8 cm³/mol. The first-order valence-electron chi connectivity index (χ1n) is 4.67. The molecule has 0 unspecified atom stereocenters. The molecule has 0 bridgehead atoms. The predicted octanol–water partition coefficient (Wildman–Crippen LogP) is -0.119. The zero-order valence-electron chi connectivity index (χ0n) is 8.79. The van der Waals surface area contributed by atoms with E-state index in [1.54, 1.807) is 0 Å². The smallest absolute Gasteiger partial charge is 0.258 e. The van der Waals surface area contributed by atoms with E-state index in [0.29, 0.717) is 0 Å². The lowest BCUT2D eigenvalue weighted by Gasteiger charge is -1.91. The number of nitro benzene ring substituents is 1. The highest BCUT2D eigenvalue weighted by atomic mass is 16.7. The van der Waals surface area contributed by atoms with Gasteiger partial charge in [0.25, 0.3) is 11.0 Å². The van der Waals surface area contributed by atoms with Crippen LogP contribution in [0.2, 0.25) is 0 Å². The maximum absolute atomic E-state index is 11.4. The Hall–Kier alpha value is -2.98. The number of benzene rings is 1. The molecular weight excluding hydrogens is 250 g/mol. The first-order valence-corrected chi connectivity index (χ1v) is 4.67. The van der Waals surface area contributed by atoms with Crippen LogP contribution in [0.4, 0.5) is 5.69 Å². The van der Waals surface area contributed by atoms with Crippen molar-refractivity contribution in [3.05, 3.63) is 25.5 Å². The summed E-state index contributed by atoms with van der Waals surface area (Å²) in [5.41, 5.74) is -0.814. The highest BCUT2D eigenvalue weighted by Gasteiger charge is 2.36. The molecule has 3 rings (SSSR count). The summed E-state index contributed by atoms with van der Waals surface area (Å²) in [6, 6.07) is 0. The summed E-state index contributed by atoms with van der Waals surface area (Å²) < 4.78 is 8.99. The van der Waals surface area contributed by atoms with E-state index in [1.807, 2.05) is 0 Å². The molecule has 0 amide bonds. The maximum atomic E-state index is 11.4. The van der Waals surface area contributed by atoms with E-state index in [2.05, 4.69) is 19.6 Å². The Morgan fingerprint density at radius 3 is 2.28 bits per heavy atom. The van der Waals surface area contributed by atoms with Crippen molar-refractivity contribution in [1.29, 1.82) is 0 Å². The first kappa shape index (κ1) is 10.2. The fourth-order valence-electron chi connectivity index (χ4n) is 1.93. The van der Waals surface area contributed by atoms with Gasteiger partial charge in [-0.3, -0.25) is 10.1 Å². The van der Waals surface area contributed by atoms with Crippen molar-refractivity contribution in [2.45, 2.75) is 6.92 Å². The highest BCUT2D eigenvalue weighted by molar-refractivity contribution is 6.03. The number of nitrogens with zero attached hydrogens (tertiary/aromatic N) is 3. The van der Waals surface area contributed by atoms with Gasteiger partial charge in [-0.25, -0.2) is 0 Å². The van der Waals surface area contributed by atoms with Crippen LogP contribution in [-0.2, 0) is 0 Å². The van der Waals surface area contributed by atoms with Crippen LogP contribution in [0, 0.1) is 26.9 Å². The average molecular weight is 255 g/mol. The average Bonchev–Trinajstić information content (AvgIpc) is 2.83. The zero-order chi connectivity index (χ0) is 13.0. The molecule has 1 aromatic carbocycles. The number of hydrogen-bond acceptors (Lipinski definition) is 6. The Morgan fingerprint density at radius 2 is 1.67 bits per heavy atom. The number of rotatable bonds is 1. The molecule has 2 heterocycles. The van der Waals surface area contributed by atoms with Gasteiger partial charge in [0.1, 0.15) is 0 Å². The van der Waals surface area contributed by atoms with Crippen molar-refractivity contribution in [3.8, 4) is 0 Å². The van der Waals surface area contributed by atoms with Crippen molar-refractivity contribution < 1.29 is 23.4 Å². The Labute approximate surface area is 94.8 Å². The molecule has 92 valence electrons. The fourth-order valence-corrected chi connectivity index (χ4v) is 1.93. The van der Waals surface area contributed by atoms with E-state index >= 15 is 0 Å². The fraction of sp³-hybridized carbons (Fsp3) is 0.143. The third-order valence-corrected chi connectivity index (χ3v) is 2.67. The molecule has 3 aromatic rings. The second kappa shape index (κ2) is 3.03. The molecule has 0 atom stereocenters. The summed E-state index contributed by atoms with van der Waals surface area (Å²) in [4.78, 5) is 33.1. The summed E-state index contributed by atoms with van der Waals surface area (Å²) in [5, 5.41) is 15.4. The number of nitrogens with one attached hydrogen (secondary N) is 2. The van der Waals surface area contributed by atoms with Gasteiger partial charge in [-0.1, -0.05) is 19.6 Å². The Bertz CT molecular complexity index is 910. The van der Waals surface area contributed by atoms with Crippen molar-refractivity contribution in [3.63, 3.8) is 0 Å². The molecule has 0 radical (unpaired) electrons. The Morgan fingerprint density at radius 1 is 1.11 bits per heavy atom. The molecule has 2 N–H and O–H groups in total. The first-order chi connectivity index (χ1) is 8.52. The van der Waals surface area contributed by atoms with Crippen LogP contribution < -0.4 is 9.20 Å². The van der Waals surface area contributed by atoms with Crippen LogP contribution >= 0.6 is 0 Å². The van der Waals surface area contributed by atoms with Crippen LogP contribution in [0.3, 0.4) is 0 Å². The third-order valence-electron chi connectivity index (χ3n) is 2.67. The van der Waals surface area contributed by atoms with Crippen LogP contribution in [0.25, 0.3) is 22.1 Å². The Balaban J connectivity index is 2.79. The molecule has 18 heavy (non-hydrogen) atoms. The standard InChI is InChI=1S/C7H5N5O6/c1-2-5(10(13)14)3-7(12(16)18-8-3)4-6(2)11(15)17-9-4/h8-9H,1H3/q+2. The van der Waals surface area contributed by atoms with Crippen LogP contribution in [0.1, 0.15) is 5.56 Å². The minimum atomic E-state index is -0.712. The van der Waals surface area contributed by atoms with Crippen LogP contribution in [0.15, 0.2) is 9.26 Å². The number of aromatic amines is 2. The second-order valence-corrected chi connectivity index (χ2v) is 3.58. The summed E-state index contributed by atoms with van der Waals surface area (Å²) in [5.74, 6) is 0.